The van der Waals surface area contributed by atoms with Crippen LogP contribution in [0.3, 0.4) is 0 Å². The van der Waals surface area contributed by atoms with Crippen molar-refractivity contribution in [2.75, 3.05) is 0 Å². The third kappa shape index (κ3) is 5.00. The summed E-state index contributed by atoms with van der Waals surface area (Å²) in [5.41, 5.74) is 11.7. The second-order valence-corrected chi connectivity index (χ2v) is 13.8. The normalized spacial score (nSPS) is 13.0. The van der Waals surface area contributed by atoms with Crippen molar-refractivity contribution < 1.29 is 0 Å². The minimum atomic E-state index is -0.421. The molecule has 0 atom stereocenters. The number of fused-ring (bicyclic) bond motifs is 5. The van der Waals surface area contributed by atoms with Crippen LogP contribution in [-0.2, 0) is 0 Å². The molecule has 5 aromatic carbocycles. The predicted octanol–water partition coefficient (Wildman–Crippen LogP) is 11.6. The van der Waals surface area contributed by atoms with Gasteiger partial charge < -0.3 is 4.57 Å². The molecule has 4 nitrogen and oxygen atoms in total. The van der Waals surface area contributed by atoms with Gasteiger partial charge in [0.1, 0.15) is 0 Å². The Labute approximate surface area is 282 Å². The number of allylic oxidation sites excluding steroid dienone is 2. The minimum Gasteiger partial charge on any atom is -0.309 e. The molecule has 0 aliphatic carbocycles. The maximum absolute atomic E-state index is 4.81. The van der Waals surface area contributed by atoms with Crippen LogP contribution in [0.1, 0.15) is 11.1 Å². The molecule has 0 saturated carbocycles. The average molecular weight is 715 g/mol. The summed E-state index contributed by atoms with van der Waals surface area (Å²) in [4.78, 5) is 8.52. The molecular formula is C42H27IN4. The maximum atomic E-state index is 4.81. The smallest absolute Gasteiger partial charge is 0.0619 e. The van der Waals surface area contributed by atoms with Gasteiger partial charge in [-0.3, -0.25) is 9.97 Å². The Kier molecular flexibility index (Phi) is 6.90. The van der Waals surface area contributed by atoms with E-state index in [2.05, 4.69) is 142 Å². The lowest BCUT2D eigenvalue weighted by atomic mass is 9.98. The molecule has 1 aliphatic rings. The first-order chi connectivity index (χ1) is 23.3. The molecule has 0 N–H and O–H groups in total. The van der Waals surface area contributed by atoms with Gasteiger partial charge in [-0.05, 0) is 87.8 Å². The number of halogens is 1. The van der Waals surface area contributed by atoms with Crippen LogP contribution in [0.15, 0.2) is 168 Å². The average Bonchev–Trinajstić information content (AvgIpc) is 3.50. The van der Waals surface area contributed by atoms with E-state index in [0.29, 0.717) is 0 Å². The van der Waals surface area contributed by atoms with Gasteiger partial charge in [-0.2, -0.15) is 0 Å². The van der Waals surface area contributed by atoms with Crippen molar-refractivity contribution in [2.45, 2.75) is 0 Å². The van der Waals surface area contributed by atoms with Gasteiger partial charge in [0.2, 0.25) is 0 Å². The van der Waals surface area contributed by atoms with E-state index in [9.17, 15) is 0 Å². The first kappa shape index (κ1) is 27.8. The maximum Gasteiger partial charge on any atom is 0.0619 e. The number of hydrogen-bond acceptors (Lipinski definition) is 3. The third-order valence-corrected chi connectivity index (χ3v) is 10.9. The summed E-state index contributed by atoms with van der Waals surface area (Å²) in [7, 11) is 0. The van der Waals surface area contributed by atoms with E-state index in [4.69, 9.17) is 3.15 Å². The second-order valence-electron chi connectivity index (χ2n) is 11.6. The molecule has 4 heterocycles. The Morgan fingerprint density at radius 1 is 0.511 bits per heavy atom. The molecule has 47 heavy (non-hydrogen) atoms. The molecule has 0 radical (unpaired) electrons. The standard InChI is InChI=1S/C42H27IN4/c1-2-9-36(10-3-1)47-41-25-32(30-7-4-6-29(22-30)28-17-20-44-21-18-28)12-15-38(41)39-16-13-33-23-31(11-14-37(33)42(39)47)35-24-40(43-46-27-35)34-8-5-19-45-26-34/h1-27H. The highest BCUT2D eigenvalue weighted by molar-refractivity contribution is 14.2. The fraction of sp³-hybridized carbons (Fsp3) is 0. The Balaban J connectivity index is 1.22. The predicted molar refractivity (Wildman–Crippen MR) is 204 cm³/mol. The van der Waals surface area contributed by atoms with E-state index in [0.717, 1.165) is 22.4 Å². The molecule has 5 heteroatoms. The second kappa shape index (κ2) is 11.7. The quantitative estimate of drug-likeness (QED) is 0.167. The van der Waals surface area contributed by atoms with Crippen LogP contribution < -0.4 is 0 Å². The zero-order chi connectivity index (χ0) is 31.2. The fourth-order valence-electron chi connectivity index (χ4n) is 6.59. The van der Waals surface area contributed by atoms with Gasteiger partial charge in [0, 0.05) is 88.6 Å². The number of hydrogen-bond donors (Lipinski definition) is 0. The highest BCUT2D eigenvalue weighted by Crippen LogP contribution is 2.41. The van der Waals surface area contributed by atoms with Gasteiger partial charge in [0.15, 0.2) is 0 Å². The zero-order valence-electron chi connectivity index (χ0n) is 25.3. The molecule has 0 bridgehead atoms. The van der Waals surface area contributed by atoms with E-state index in [-0.39, 0.29) is 0 Å². The molecule has 9 rings (SSSR count). The highest BCUT2D eigenvalue weighted by Gasteiger charge is 2.17. The van der Waals surface area contributed by atoms with Crippen molar-refractivity contribution in [1.29, 1.82) is 0 Å². The molecule has 3 aromatic heterocycles. The van der Waals surface area contributed by atoms with Gasteiger partial charge in [-0.15, -0.1) is 0 Å². The number of para-hydroxylation sites is 1. The monoisotopic (exact) mass is 714 g/mol. The molecule has 1 aliphatic heterocycles. The highest BCUT2D eigenvalue weighted by atomic mass is 127. The summed E-state index contributed by atoms with van der Waals surface area (Å²) in [6, 6.07) is 46.0. The molecule has 0 spiro atoms. The van der Waals surface area contributed by atoms with Crippen molar-refractivity contribution >= 4 is 62.8 Å². The number of rotatable bonds is 5. The van der Waals surface area contributed by atoms with Crippen LogP contribution in [0.25, 0.3) is 69.7 Å². The molecule has 0 saturated heterocycles. The number of pyridine rings is 2. The molecular weight excluding hydrogens is 687 g/mol. The summed E-state index contributed by atoms with van der Waals surface area (Å²) in [5.74, 6) is 0. The fourth-order valence-corrected chi connectivity index (χ4v) is 8.40. The first-order valence-electron chi connectivity index (χ1n) is 15.5. The number of aromatic nitrogens is 3. The molecule has 0 fully saturated rings. The van der Waals surface area contributed by atoms with E-state index in [1.807, 2.05) is 37.1 Å². The molecule has 0 unspecified atom stereocenters. The van der Waals surface area contributed by atoms with Crippen molar-refractivity contribution in [3.05, 3.63) is 176 Å². The van der Waals surface area contributed by atoms with E-state index >= 15 is 0 Å². The van der Waals surface area contributed by atoms with Gasteiger partial charge in [0.25, 0.3) is 0 Å². The number of benzene rings is 5. The zero-order valence-corrected chi connectivity index (χ0v) is 27.4. The largest absolute Gasteiger partial charge is 0.309 e. The van der Waals surface area contributed by atoms with Gasteiger partial charge >= 0.3 is 0 Å². The van der Waals surface area contributed by atoms with Crippen molar-refractivity contribution in [3.63, 3.8) is 0 Å². The Bertz CT molecular complexity index is 2550. The third-order valence-electron chi connectivity index (χ3n) is 8.85. The Morgan fingerprint density at radius 2 is 1.28 bits per heavy atom. The van der Waals surface area contributed by atoms with Crippen LogP contribution in [0.4, 0.5) is 0 Å². The van der Waals surface area contributed by atoms with Gasteiger partial charge in [-0.1, -0.05) is 78.9 Å². The lowest BCUT2D eigenvalue weighted by Gasteiger charge is -2.12. The van der Waals surface area contributed by atoms with E-state index in [1.165, 1.54) is 58.4 Å². The van der Waals surface area contributed by atoms with Crippen LogP contribution in [-0.4, -0.2) is 14.5 Å². The summed E-state index contributed by atoms with van der Waals surface area (Å²) in [6.07, 6.45) is 11.8. The van der Waals surface area contributed by atoms with Crippen LogP contribution in [0.5, 0.6) is 0 Å². The van der Waals surface area contributed by atoms with E-state index in [1.54, 1.807) is 0 Å². The first-order valence-corrected chi connectivity index (χ1v) is 17.6. The minimum absolute atomic E-state index is 0.421. The Hall–Kier alpha value is -5.53. The topological polar surface area (TPSA) is 43.1 Å². The number of nitrogens with zero attached hydrogens (tertiary/aromatic N) is 4. The van der Waals surface area contributed by atoms with Crippen molar-refractivity contribution in [3.8, 4) is 27.9 Å². The van der Waals surface area contributed by atoms with E-state index < -0.39 is 21.0 Å². The van der Waals surface area contributed by atoms with Crippen molar-refractivity contribution in [2.24, 2.45) is 3.15 Å². The summed E-state index contributed by atoms with van der Waals surface area (Å²) < 4.78 is 8.53. The molecule has 222 valence electrons. The summed E-state index contributed by atoms with van der Waals surface area (Å²) >= 11 is -0.421. The van der Waals surface area contributed by atoms with Gasteiger partial charge in [0.05, 0.1) is 11.0 Å². The van der Waals surface area contributed by atoms with Crippen LogP contribution in [0, 0.1) is 0 Å². The SMILES string of the molecule is C1=C(c2ccc3c(ccc4c5ccc(-c6cccc(-c7ccncc7)c6)cc5n(-c5ccccc5)c34)c2)C=C(c2cccnc2)I=N1. The lowest BCUT2D eigenvalue weighted by Crippen LogP contribution is -1.94. The molecule has 0 amide bonds. The summed E-state index contributed by atoms with van der Waals surface area (Å²) in [6.45, 7) is 0. The summed E-state index contributed by atoms with van der Waals surface area (Å²) in [5, 5.41) is 4.92. The molecule has 8 aromatic rings. The van der Waals surface area contributed by atoms with Gasteiger partial charge in [-0.25, -0.2) is 3.15 Å². The van der Waals surface area contributed by atoms with Crippen LogP contribution >= 0.6 is 21.0 Å². The van der Waals surface area contributed by atoms with Crippen molar-refractivity contribution in [1.82, 2.24) is 14.5 Å². The Morgan fingerprint density at radius 3 is 2.13 bits per heavy atom. The lowest BCUT2D eigenvalue weighted by molar-refractivity contribution is 1.19. The van der Waals surface area contributed by atoms with Crippen LogP contribution in [0.2, 0.25) is 0 Å².